The minimum Gasteiger partial charge on any atom is -0.503 e. The molecule has 72 valence electrons. The van der Waals surface area contributed by atoms with Gasteiger partial charge in [0.15, 0.2) is 5.75 Å². The highest BCUT2D eigenvalue weighted by Crippen LogP contribution is 1.96. The summed E-state index contributed by atoms with van der Waals surface area (Å²) in [5.41, 5.74) is 4.19. The maximum atomic E-state index is 10.7. The van der Waals surface area contributed by atoms with Crippen LogP contribution in [0, 0.1) is 0 Å². The minimum absolute atomic E-state index is 0.0206. The van der Waals surface area contributed by atoms with Crippen molar-refractivity contribution in [3.63, 3.8) is 0 Å². The van der Waals surface area contributed by atoms with Crippen LogP contribution in [0.25, 0.3) is 0 Å². The van der Waals surface area contributed by atoms with Crippen LogP contribution in [0.15, 0.2) is 17.1 Å². The standard InChI is InChI=1S/C6H6N2O3.C2H6/c7-6(11)3-1-4(9)5(10)2-8-3;1-2/h1-2,10H,(H2,7,11)(H,8,9);1-2H3. The summed E-state index contributed by atoms with van der Waals surface area (Å²) in [5, 5.41) is 8.73. The predicted molar refractivity (Wildman–Crippen MR) is 48.6 cm³/mol. The number of amides is 1. The number of carbonyl (C=O) groups excluding carboxylic acids is 1. The van der Waals surface area contributed by atoms with E-state index < -0.39 is 17.1 Å². The maximum absolute atomic E-state index is 10.7. The van der Waals surface area contributed by atoms with Crippen LogP contribution in [-0.4, -0.2) is 16.0 Å². The molecule has 0 saturated heterocycles. The Morgan fingerprint density at radius 3 is 2.46 bits per heavy atom. The van der Waals surface area contributed by atoms with Crippen molar-refractivity contribution in [1.82, 2.24) is 4.98 Å². The van der Waals surface area contributed by atoms with E-state index in [1.54, 1.807) is 0 Å². The first-order valence-electron chi connectivity index (χ1n) is 3.83. The molecule has 0 aliphatic rings. The number of nitrogens with two attached hydrogens (primary N) is 1. The molecule has 5 heteroatoms. The molecule has 0 atom stereocenters. The number of primary amides is 1. The van der Waals surface area contributed by atoms with Gasteiger partial charge < -0.3 is 15.8 Å². The number of carbonyl (C=O) groups is 1. The van der Waals surface area contributed by atoms with Gasteiger partial charge in [0, 0.05) is 12.3 Å². The Labute approximate surface area is 75.2 Å². The van der Waals surface area contributed by atoms with Gasteiger partial charge >= 0.3 is 0 Å². The number of hydrogen-bond acceptors (Lipinski definition) is 3. The van der Waals surface area contributed by atoms with Crippen molar-refractivity contribution in [2.24, 2.45) is 5.73 Å². The second kappa shape index (κ2) is 4.97. The molecule has 1 rings (SSSR count). The number of aromatic hydroxyl groups is 1. The Morgan fingerprint density at radius 1 is 1.54 bits per heavy atom. The van der Waals surface area contributed by atoms with Gasteiger partial charge in [-0.3, -0.25) is 9.59 Å². The molecular formula is C8H12N2O3. The molecule has 0 aromatic carbocycles. The van der Waals surface area contributed by atoms with E-state index in [4.69, 9.17) is 10.8 Å². The van der Waals surface area contributed by atoms with Crippen molar-refractivity contribution in [3.05, 3.63) is 28.2 Å². The molecule has 0 saturated carbocycles. The fourth-order valence-electron chi connectivity index (χ4n) is 0.606. The summed E-state index contributed by atoms with van der Waals surface area (Å²) in [5.74, 6) is -1.17. The number of H-pyrrole nitrogens is 1. The van der Waals surface area contributed by atoms with Crippen LogP contribution in [0.2, 0.25) is 0 Å². The fraction of sp³-hybridized carbons (Fsp3) is 0.250. The van der Waals surface area contributed by atoms with Crippen molar-refractivity contribution in [1.29, 1.82) is 0 Å². The number of rotatable bonds is 1. The number of aromatic amines is 1. The van der Waals surface area contributed by atoms with Crippen LogP contribution in [-0.2, 0) is 0 Å². The van der Waals surface area contributed by atoms with Gasteiger partial charge in [-0.15, -0.1) is 0 Å². The van der Waals surface area contributed by atoms with Gasteiger partial charge in [-0.25, -0.2) is 0 Å². The lowest BCUT2D eigenvalue weighted by atomic mass is 10.3. The van der Waals surface area contributed by atoms with Crippen molar-refractivity contribution in [2.75, 3.05) is 0 Å². The van der Waals surface area contributed by atoms with Crippen molar-refractivity contribution in [2.45, 2.75) is 13.8 Å². The summed E-state index contributed by atoms with van der Waals surface area (Å²) in [6.45, 7) is 4.00. The Hall–Kier alpha value is -1.78. The van der Waals surface area contributed by atoms with E-state index in [9.17, 15) is 9.59 Å². The third-order valence-electron chi connectivity index (χ3n) is 1.16. The number of nitrogens with one attached hydrogen (secondary N) is 1. The molecule has 1 aromatic heterocycles. The largest absolute Gasteiger partial charge is 0.503 e. The summed E-state index contributed by atoms with van der Waals surface area (Å²) in [7, 11) is 0. The monoisotopic (exact) mass is 184 g/mol. The smallest absolute Gasteiger partial charge is 0.265 e. The molecule has 0 spiro atoms. The van der Waals surface area contributed by atoms with Crippen LogP contribution >= 0.6 is 0 Å². The molecule has 1 amide bonds. The second-order valence-electron chi connectivity index (χ2n) is 1.96. The quantitative estimate of drug-likeness (QED) is 0.581. The molecule has 0 aliphatic heterocycles. The van der Waals surface area contributed by atoms with Gasteiger partial charge in [0.05, 0.1) is 0 Å². The highest BCUT2D eigenvalue weighted by molar-refractivity contribution is 5.90. The highest BCUT2D eigenvalue weighted by Gasteiger charge is 2.02. The van der Waals surface area contributed by atoms with Crippen LogP contribution in [0.1, 0.15) is 24.3 Å². The Morgan fingerprint density at radius 2 is 2.08 bits per heavy atom. The van der Waals surface area contributed by atoms with E-state index in [-0.39, 0.29) is 5.69 Å². The molecular weight excluding hydrogens is 172 g/mol. The molecule has 13 heavy (non-hydrogen) atoms. The Balaban J connectivity index is 0.000000671. The van der Waals surface area contributed by atoms with E-state index in [2.05, 4.69) is 4.98 Å². The summed E-state index contributed by atoms with van der Waals surface area (Å²) in [6.07, 6.45) is 1.02. The van der Waals surface area contributed by atoms with E-state index in [1.165, 1.54) is 0 Å². The van der Waals surface area contributed by atoms with E-state index >= 15 is 0 Å². The SMILES string of the molecule is CC.NC(=O)c1cc(=O)c(O)c[nH]1. The van der Waals surface area contributed by atoms with Gasteiger partial charge in [-0.2, -0.15) is 0 Å². The first-order valence-corrected chi connectivity index (χ1v) is 3.83. The Kier molecular flexibility index (Phi) is 4.29. The molecule has 0 radical (unpaired) electrons. The van der Waals surface area contributed by atoms with Crippen molar-refractivity contribution in [3.8, 4) is 5.75 Å². The lowest BCUT2D eigenvalue weighted by Gasteiger charge is -1.93. The first-order chi connectivity index (χ1) is 6.11. The first kappa shape index (κ1) is 11.2. The molecule has 0 unspecified atom stereocenters. The lowest BCUT2D eigenvalue weighted by Crippen LogP contribution is -2.15. The van der Waals surface area contributed by atoms with Gasteiger partial charge in [0.25, 0.3) is 5.91 Å². The minimum atomic E-state index is -0.734. The molecule has 4 N–H and O–H groups in total. The topological polar surface area (TPSA) is 96.2 Å². The third kappa shape index (κ3) is 2.98. The maximum Gasteiger partial charge on any atom is 0.265 e. The molecule has 0 aliphatic carbocycles. The fourth-order valence-corrected chi connectivity index (χ4v) is 0.606. The number of hydrogen-bond donors (Lipinski definition) is 3. The molecule has 1 heterocycles. The van der Waals surface area contributed by atoms with Crippen LogP contribution in [0.3, 0.4) is 0 Å². The highest BCUT2D eigenvalue weighted by atomic mass is 16.3. The van der Waals surface area contributed by atoms with E-state index in [0.29, 0.717) is 0 Å². The molecule has 0 fully saturated rings. The van der Waals surface area contributed by atoms with Gasteiger partial charge in [-0.05, 0) is 0 Å². The van der Waals surface area contributed by atoms with Gasteiger partial charge in [0.1, 0.15) is 5.69 Å². The Bertz CT molecular complexity index is 343. The summed E-state index contributed by atoms with van der Waals surface area (Å²) in [6, 6.07) is 0.942. The van der Waals surface area contributed by atoms with E-state index in [0.717, 1.165) is 12.3 Å². The number of aromatic nitrogens is 1. The average molecular weight is 184 g/mol. The zero-order valence-corrected chi connectivity index (χ0v) is 7.50. The number of pyridine rings is 1. The second-order valence-corrected chi connectivity index (χ2v) is 1.96. The summed E-state index contributed by atoms with van der Waals surface area (Å²) in [4.78, 5) is 23.5. The lowest BCUT2D eigenvalue weighted by molar-refractivity contribution is 0.0995. The van der Waals surface area contributed by atoms with Gasteiger partial charge in [-0.1, -0.05) is 13.8 Å². The zero-order valence-electron chi connectivity index (χ0n) is 7.50. The van der Waals surface area contributed by atoms with Gasteiger partial charge in [0.2, 0.25) is 5.43 Å². The summed E-state index contributed by atoms with van der Waals surface area (Å²) < 4.78 is 0. The molecule has 5 nitrogen and oxygen atoms in total. The molecule has 1 aromatic rings. The predicted octanol–water partition coefficient (Wildman–Crippen LogP) is 0.206. The summed E-state index contributed by atoms with van der Waals surface area (Å²) >= 11 is 0. The average Bonchev–Trinajstić information content (AvgIpc) is 2.13. The van der Waals surface area contributed by atoms with Crippen molar-refractivity contribution < 1.29 is 9.90 Å². The van der Waals surface area contributed by atoms with Crippen molar-refractivity contribution >= 4 is 5.91 Å². The normalized spacial score (nSPS) is 8.46. The van der Waals surface area contributed by atoms with Crippen LogP contribution < -0.4 is 11.2 Å². The van der Waals surface area contributed by atoms with Crippen LogP contribution in [0.5, 0.6) is 5.75 Å². The van der Waals surface area contributed by atoms with Crippen LogP contribution in [0.4, 0.5) is 0 Å². The molecule has 0 bridgehead atoms. The van der Waals surface area contributed by atoms with E-state index in [1.807, 2.05) is 13.8 Å². The third-order valence-corrected chi connectivity index (χ3v) is 1.16. The zero-order chi connectivity index (χ0) is 10.4.